The van der Waals surface area contributed by atoms with E-state index < -0.39 is 0 Å². The standard InChI is InChI=1S/C10H15BrN2/c1-2-8-13-9-7-12-10(13)5-3-4-6-11/h3,5,7,9H,2,4,6,8H2,1H3. The van der Waals surface area contributed by atoms with E-state index in [0.717, 1.165) is 30.5 Å². The molecular weight excluding hydrogens is 228 g/mol. The van der Waals surface area contributed by atoms with Crippen LogP contribution in [0.25, 0.3) is 6.08 Å². The first kappa shape index (κ1) is 10.5. The maximum atomic E-state index is 4.27. The van der Waals surface area contributed by atoms with Gasteiger partial charge in [0.1, 0.15) is 5.82 Å². The monoisotopic (exact) mass is 242 g/mol. The van der Waals surface area contributed by atoms with Crippen LogP contribution in [0, 0.1) is 0 Å². The molecule has 3 heteroatoms. The lowest BCUT2D eigenvalue weighted by molar-refractivity contribution is 0.672. The number of halogens is 1. The Balaban J connectivity index is 2.59. The second-order valence-electron chi connectivity index (χ2n) is 2.86. The highest BCUT2D eigenvalue weighted by atomic mass is 79.9. The molecule has 1 heterocycles. The molecule has 0 N–H and O–H groups in total. The summed E-state index contributed by atoms with van der Waals surface area (Å²) < 4.78 is 2.17. The maximum Gasteiger partial charge on any atom is 0.132 e. The van der Waals surface area contributed by atoms with Gasteiger partial charge in [-0.2, -0.15) is 0 Å². The van der Waals surface area contributed by atoms with Gasteiger partial charge in [-0.1, -0.05) is 28.9 Å². The molecule has 72 valence electrons. The van der Waals surface area contributed by atoms with Gasteiger partial charge in [0, 0.05) is 24.3 Å². The van der Waals surface area contributed by atoms with Crippen molar-refractivity contribution < 1.29 is 0 Å². The number of nitrogens with zero attached hydrogens (tertiary/aromatic N) is 2. The van der Waals surface area contributed by atoms with Crippen LogP contribution in [0.5, 0.6) is 0 Å². The molecule has 0 bridgehead atoms. The first-order valence-corrected chi connectivity index (χ1v) is 5.74. The lowest BCUT2D eigenvalue weighted by Gasteiger charge is -2.00. The quantitative estimate of drug-likeness (QED) is 0.726. The number of aryl methyl sites for hydroxylation is 1. The van der Waals surface area contributed by atoms with Gasteiger partial charge < -0.3 is 4.57 Å². The topological polar surface area (TPSA) is 17.8 Å². The van der Waals surface area contributed by atoms with Crippen molar-refractivity contribution in [1.29, 1.82) is 0 Å². The Morgan fingerprint density at radius 1 is 1.62 bits per heavy atom. The van der Waals surface area contributed by atoms with E-state index in [9.17, 15) is 0 Å². The van der Waals surface area contributed by atoms with Gasteiger partial charge in [0.25, 0.3) is 0 Å². The molecule has 0 aromatic carbocycles. The molecular formula is C10H15BrN2. The molecule has 0 atom stereocenters. The summed E-state index contributed by atoms with van der Waals surface area (Å²) in [6, 6.07) is 0. The summed E-state index contributed by atoms with van der Waals surface area (Å²) in [5.74, 6) is 1.06. The van der Waals surface area contributed by atoms with Gasteiger partial charge in [-0.3, -0.25) is 0 Å². The van der Waals surface area contributed by atoms with Crippen LogP contribution in [-0.4, -0.2) is 14.9 Å². The van der Waals surface area contributed by atoms with E-state index in [1.807, 2.05) is 12.4 Å². The Hall–Kier alpha value is -0.570. The zero-order chi connectivity index (χ0) is 9.52. The Kier molecular flexibility index (Phi) is 4.83. The number of rotatable bonds is 5. The number of allylic oxidation sites excluding steroid dienone is 1. The molecule has 0 aliphatic carbocycles. The Morgan fingerprint density at radius 2 is 2.46 bits per heavy atom. The number of hydrogen-bond donors (Lipinski definition) is 0. The molecule has 0 radical (unpaired) electrons. The largest absolute Gasteiger partial charge is 0.332 e. The van der Waals surface area contributed by atoms with Crippen molar-refractivity contribution in [2.24, 2.45) is 0 Å². The number of hydrogen-bond acceptors (Lipinski definition) is 1. The fraction of sp³-hybridized carbons (Fsp3) is 0.500. The predicted octanol–water partition coefficient (Wildman–Crippen LogP) is 3.09. The summed E-state index contributed by atoms with van der Waals surface area (Å²) >= 11 is 3.38. The van der Waals surface area contributed by atoms with Crippen molar-refractivity contribution in [1.82, 2.24) is 9.55 Å². The van der Waals surface area contributed by atoms with Gasteiger partial charge in [-0.05, 0) is 18.9 Å². The van der Waals surface area contributed by atoms with Crippen molar-refractivity contribution in [3.8, 4) is 0 Å². The van der Waals surface area contributed by atoms with Crippen molar-refractivity contribution in [2.45, 2.75) is 26.3 Å². The second-order valence-corrected chi connectivity index (χ2v) is 3.65. The molecule has 0 saturated heterocycles. The molecule has 0 aliphatic heterocycles. The molecule has 0 unspecified atom stereocenters. The molecule has 0 saturated carbocycles. The van der Waals surface area contributed by atoms with Crippen LogP contribution < -0.4 is 0 Å². The lowest BCUT2D eigenvalue weighted by Crippen LogP contribution is -1.97. The number of imidazole rings is 1. The van der Waals surface area contributed by atoms with E-state index in [0.29, 0.717) is 0 Å². The van der Waals surface area contributed by atoms with E-state index in [2.05, 4.69) is 44.6 Å². The highest BCUT2D eigenvalue weighted by molar-refractivity contribution is 9.09. The average molecular weight is 243 g/mol. The third kappa shape index (κ3) is 3.35. The first-order chi connectivity index (χ1) is 6.38. The van der Waals surface area contributed by atoms with Gasteiger partial charge in [0.2, 0.25) is 0 Å². The smallest absolute Gasteiger partial charge is 0.132 e. The summed E-state index contributed by atoms with van der Waals surface area (Å²) in [6.45, 7) is 3.22. The molecule has 0 fully saturated rings. The van der Waals surface area contributed by atoms with E-state index in [-0.39, 0.29) is 0 Å². The van der Waals surface area contributed by atoms with Crippen LogP contribution in [0.15, 0.2) is 18.5 Å². The normalized spacial score (nSPS) is 11.2. The van der Waals surface area contributed by atoms with Crippen molar-refractivity contribution in [3.63, 3.8) is 0 Å². The minimum atomic E-state index is 1.01. The van der Waals surface area contributed by atoms with Crippen molar-refractivity contribution in [2.75, 3.05) is 5.33 Å². The molecule has 0 spiro atoms. The van der Waals surface area contributed by atoms with E-state index in [1.54, 1.807) is 0 Å². The van der Waals surface area contributed by atoms with Crippen LogP contribution in [0.3, 0.4) is 0 Å². The average Bonchev–Trinajstić information content (AvgIpc) is 2.54. The fourth-order valence-corrected chi connectivity index (χ4v) is 1.43. The van der Waals surface area contributed by atoms with Crippen LogP contribution in [0.4, 0.5) is 0 Å². The highest BCUT2D eigenvalue weighted by Crippen LogP contribution is 2.02. The van der Waals surface area contributed by atoms with Crippen LogP contribution in [0.2, 0.25) is 0 Å². The molecule has 1 aromatic heterocycles. The number of alkyl halides is 1. The molecule has 0 amide bonds. The molecule has 2 nitrogen and oxygen atoms in total. The first-order valence-electron chi connectivity index (χ1n) is 4.62. The SMILES string of the molecule is CCCn1ccnc1C=CCCBr. The Bertz CT molecular complexity index is 266. The minimum Gasteiger partial charge on any atom is -0.332 e. The minimum absolute atomic E-state index is 1.01. The maximum absolute atomic E-state index is 4.27. The van der Waals surface area contributed by atoms with Crippen LogP contribution >= 0.6 is 15.9 Å². The second kappa shape index (κ2) is 5.97. The predicted molar refractivity (Wildman–Crippen MR) is 60.0 cm³/mol. The third-order valence-corrected chi connectivity index (χ3v) is 2.21. The zero-order valence-electron chi connectivity index (χ0n) is 7.91. The summed E-state index contributed by atoms with van der Waals surface area (Å²) in [7, 11) is 0. The van der Waals surface area contributed by atoms with Gasteiger partial charge in [0.05, 0.1) is 0 Å². The van der Waals surface area contributed by atoms with Crippen molar-refractivity contribution in [3.05, 3.63) is 24.3 Å². The van der Waals surface area contributed by atoms with E-state index in [4.69, 9.17) is 0 Å². The lowest BCUT2D eigenvalue weighted by atomic mass is 10.4. The Morgan fingerprint density at radius 3 is 3.15 bits per heavy atom. The van der Waals surface area contributed by atoms with E-state index in [1.165, 1.54) is 0 Å². The molecule has 1 rings (SSSR count). The van der Waals surface area contributed by atoms with Crippen LogP contribution in [0.1, 0.15) is 25.6 Å². The van der Waals surface area contributed by atoms with Crippen molar-refractivity contribution >= 4 is 22.0 Å². The molecule has 1 aromatic rings. The summed E-state index contributed by atoms with van der Waals surface area (Å²) in [4.78, 5) is 4.27. The molecule has 13 heavy (non-hydrogen) atoms. The summed E-state index contributed by atoms with van der Waals surface area (Å²) in [5.41, 5.74) is 0. The number of aromatic nitrogens is 2. The Labute approximate surface area is 87.8 Å². The highest BCUT2D eigenvalue weighted by Gasteiger charge is 1.95. The van der Waals surface area contributed by atoms with Gasteiger partial charge in [-0.25, -0.2) is 4.98 Å². The molecule has 0 aliphatic rings. The summed E-state index contributed by atoms with van der Waals surface area (Å²) in [6.07, 6.45) is 10.3. The van der Waals surface area contributed by atoms with Gasteiger partial charge in [0.15, 0.2) is 0 Å². The zero-order valence-corrected chi connectivity index (χ0v) is 9.50. The summed E-state index contributed by atoms with van der Waals surface area (Å²) in [5, 5.41) is 1.01. The fourth-order valence-electron chi connectivity index (χ4n) is 1.16. The third-order valence-electron chi connectivity index (χ3n) is 1.75. The van der Waals surface area contributed by atoms with Gasteiger partial charge in [-0.15, -0.1) is 0 Å². The van der Waals surface area contributed by atoms with Gasteiger partial charge >= 0.3 is 0 Å². The van der Waals surface area contributed by atoms with E-state index >= 15 is 0 Å². The van der Waals surface area contributed by atoms with Crippen LogP contribution in [-0.2, 0) is 6.54 Å².